The van der Waals surface area contributed by atoms with E-state index < -0.39 is 0 Å². The first-order valence-corrected chi connectivity index (χ1v) is 11.0. The maximum Gasteiger partial charge on any atom is 0.227 e. The molecular weight excluding hydrogens is 431 g/mol. The van der Waals surface area contributed by atoms with Crippen LogP contribution in [-0.4, -0.2) is 54.3 Å². The van der Waals surface area contributed by atoms with Crippen LogP contribution in [0.1, 0.15) is 24.8 Å². The van der Waals surface area contributed by atoms with Crippen LogP contribution in [0.25, 0.3) is 0 Å². The smallest absolute Gasteiger partial charge is 0.227 e. The standard InChI is InChI=1S/C24H26ClFN4O2/c25-22-17-20(26)8-7-19(22)18-28-13-15-29(16-14-28)23(31)9-10-24(32)30(12-4-11-27)21-5-2-1-3-6-21/h1-3,5-8,17H,4,9-10,12-16,18H2. The summed E-state index contributed by atoms with van der Waals surface area (Å²) in [6, 6.07) is 15.6. The zero-order valence-electron chi connectivity index (χ0n) is 17.8. The average molecular weight is 457 g/mol. The number of carbonyl (C=O) groups excluding carboxylic acids is 2. The van der Waals surface area contributed by atoms with Gasteiger partial charge < -0.3 is 9.80 Å². The Morgan fingerprint density at radius 3 is 2.44 bits per heavy atom. The quantitative estimate of drug-likeness (QED) is 0.605. The van der Waals surface area contributed by atoms with E-state index in [1.54, 1.807) is 15.9 Å². The van der Waals surface area contributed by atoms with Gasteiger partial charge in [0.1, 0.15) is 5.82 Å². The van der Waals surface area contributed by atoms with Gasteiger partial charge in [0.05, 0.1) is 12.5 Å². The molecule has 2 aromatic carbocycles. The first-order valence-electron chi connectivity index (χ1n) is 10.6. The van der Waals surface area contributed by atoms with Gasteiger partial charge in [0.25, 0.3) is 0 Å². The molecule has 8 heteroatoms. The Labute approximate surface area is 192 Å². The van der Waals surface area contributed by atoms with Crippen LogP contribution in [0.4, 0.5) is 10.1 Å². The van der Waals surface area contributed by atoms with Crippen molar-refractivity contribution in [2.24, 2.45) is 0 Å². The molecule has 6 nitrogen and oxygen atoms in total. The fourth-order valence-corrected chi connectivity index (χ4v) is 3.95. The van der Waals surface area contributed by atoms with E-state index >= 15 is 0 Å². The maximum absolute atomic E-state index is 13.2. The lowest BCUT2D eigenvalue weighted by atomic mass is 10.1. The predicted molar refractivity (Wildman–Crippen MR) is 122 cm³/mol. The van der Waals surface area contributed by atoms with Crippen molar-refractivity contribution in [3.63, 3.8) is 0 Å². The molecule has 1 fully saturated rings. The molecule has 0 aliphatic carbocycles. The summed E-state index contributed by atoms with van der Waals surface area (Å²) in [6.45, 7) is 3.42. The lowest BCUT2D eigenvalue weighted by Gasteiger charge is -2.35. The number of amides is 2. The van der Waals surface area contributed by atoms with Crippen LogP contribution in [0.5, 0.6) is 0 Å². The number of halogens is 2. The number of hydrogen-bond donors (Lipinski definition) is 0. The van der Waals surface area contributed by atoms with E-state index in [9.17, 15) is 14.0 Å². The molecule has 0 bridgehead atoms. The third-order valence-corrected chi connectivity index (χ3v) is 5.85. The lowest BCUT2D eigenvalue weighted by molar-refractivity contribution is -0.134. The number of benzene rings is 2. The normalized spacial score (nSPS) is 14.1. The lowest BCUT2D eigenvalue weighted by Crippen LogP contribution is -2.48. The Hall–Kier alpha value is -2.95. The van der Waals surface area contributed by atoms with Crippen LogP contribution in [0.2, 0.25) is 5.02 Å². The monoisotopic (exact) mass is 456 g/mol. The summed E-state index contributed by atoms with van der Waals surface area (Å²) in [5.41, 5.74) is 1.59. The van der Waals surface area contributed by atoms with Crippen molar-refractivity contribution in [1.29, 1.82) is 5.26 Å². The molecule has 0 spiro atoms. The second kappa shape index (κ2) is 11.6. The van der Waals surface area contributed by atoms with Gasteiger partial charge in [0, 0.05) is 62.8 Å². The van der Waals surface area contributed by atoms with Gasteiger partial charge in [-0.05, 0) is 29.8 Å². The van der Waals surface area contributed by atoms with Crippen molar-refractivity contribution in [1.82, 2.24) is 9.80 Å². The minimum atomic E-state index is -0.359. The van der Waals surface area contributed by atoms with E-state index in [1.165, 1.54) is 12.1 Å². The van der Waals surface area contributed by atoms with Crippen molar-refractivity contribution in [3.05, 3.63) is 64.9 Å². The number of nitrogens with zero attached hydrogens (tertiary/aromatic N) is 4. The number of hydrogen-bond acceptors (Lipinski definition) is 4. The van der Waals surface area contributed by atoms with Crippen LogP contribution in [0.3, 0.4) is 0 Å². The van der Waals surface area contributed by atoms with Gasteiger partial charge in [-0.2, -0.15) is 5.26 Å². The summed E-state index contributed by atoms with van der Waals surface area (Å²) in [5.74, 6) is -0.572. The Morgan fingerprint density at radius 1 is 1.06 bits per heavy atom. The van der Waals surface area contributed by atoms with Crippen LogP contribution < -0.4 is 4.90 Å². The van der Waals surface area contributed by atoms with E-state index in [4.69, 9.17) is 16.9 Å². The fourth-order valence-electron chi connectivity index (χ4n) is 3.72. The summed E-state index contributed by atoms with van der Waals surface area (Å²) in [7, 11) is 0. The number of anilines is 1. The van der Waals surface area contributed by atoms with Crippen molar-refractivity contribution in [2.45, 2.75) is 25.8 Å². The second-order valence-electron chi connectivity index (χ2n) is 7.68. The molecule has 0 N–H and O–H groups in total. The number of carbonyl (C=O) groups is 2. The van der Waals surface area contributed by atoms with Crippen molar-refractivity contribution in [2.75, 3.05) is 37.6 Å². The molecule has 2 amide bonds. The highest BCUT2D eigenvalue weighted by Gasteiger charge is 2.23. The number of piperazine rings is 1. The largest absolute Gasteiger partial charge is 0.340 e. The molecule has 0 radical (unpaired) electrons. The molecule has 0 unspecified atom stereocenters. The minimum Gasteiger partial charge on any atom is -0.340 e. The van der Waals surface area contributed by atoms with E-state index in [2.05, 4.69) is 11.0 Å². The molecule has 2 aromatic rings. The van der Waals surface area contributed by atoms with Crippen molar-refractivity contribution >= 4 is 29.1 Å². The molecule has 32 heavy (non-hydrogen) atoms. The van der Waals surface area contributed by atoms with E-state index in [1.807, 2.05) is 30.3 Å². The van der Waals surface area contributed by atoms with Gasteiger partial charge >= 0.3 is 0 Å². The maximum atomic E-state index is 13.2. The Bertz CT molecular complexity index is 972. The van der Waals surface area contributed by atoms with Gasteiger partial charge in [-0.15, -0.1) is 0 Å². The molecule has 1 aliphatic rings. The molecule has 0 aromatic heterocycles. The molecule has 1 heterocycles. The van der Waals surface area contributed by atoms with Gasteiger partial charge in [0.15, 0.2) is 0 Å². The number of nitriles is 1. The SMILES string of the molecule is N#CCCN(C(=O)CCC(=O)N1CCN(Cc2ccc(F)cc2Cl)CC1)c1ccccc1. The summed E-state index contributed by atoms with van der Waals surface area (Å²) >= 11 is 6.12. The van der Waals surface area contributed by atoms with Crippen LogP contribution in [0.15, 0.2) is 48.5 Å². The van der Waals surface area contributed by atoms with Crippen LogP contribution >= 0.6 is 11.6 Å². The molecule has 1 saturated heterocycles. The van der Waals surface area contributed by atoms with Crippen molar-refractivity contribution in [3.8, 4) is 6.07 Å². The summed E-state index contributed by atoms with van der Waals surface area (Å²) in [4.78, 5) is 30.9. The van der Waals surface area contributed by atoms with Crippen LogP contribution in [0, 0.1) is 17.1 Å². The third kappa shape index (κ3) is 6.52. The molecular formula is C24H26ClFN4O2. The molecule has 168 valence electrons. The van der Waals surface area contributed by atoms with E-state index in [0.717, 1.165) is 11.3 Å². The third-order valence-electron chi connectivity index (χ3n) is 5.50. The Kier molecular flexibility index (Phi) is 8.60. The average Bonchev–Trinajstić information content (AvgIpc) is 2.80. The summed E-state index contributed by atoms with van der Waals surface area (Å²) in [5, 5.41) is 9.30. The highest BCUT2D eigenvalue weighted by atomic mass is 35.5. The zero-order chi connectivity index (χ0) is 22.9. The van der Waals surface area contributed by atoms with Gasteiger partial charge in [-0.1, -0.05) is 35.9 Å². The number of para-hydroxylation sites is 1. The zero-order valence-corrected chi connectivity index (χ0v) is 18.6. The molecule has 0 atom stereocenters. The van der Waals surface area contributed by atoms with Gasteiger partial charge in [-0.25, -0.2) is 4.39 Å². The highest BCUT2D eigenvalue weighted by Crippen LogP contribution is 2.20. The van der Waals surface area contributed by atoms with Crippen LogP contribution in [-0.2, 0) is 16.1 Å². The topological polar surface area (TPSA) is 67.6 Å². The predicted octanol–water partition coefficient (Wildman–Crippen LogP) is 3.85. The highest BCUT2D eigenvalue weighted by molar-refractivity contribution is 6.31. The number of rotatable bonds is 8. The second-order valence-corrected chi connectivity index (χ2v) is 8.09. The molecule has 1 aliphatic heterocycles. The first-order chi connectivity index (χ1) is 15.5. The Morgan fingerprint density at radius 2 is 1.78 bits per heavy atom. The minimum absolute atomic E-state index is 0.0499. The fraction of sp³-hybridized carbons (Fsp3) is 0.375. The summed E-state index contributed by atoms with van der Waals surface area (Å²) < 4.78 is 13.2. The van der Waals surface area contributed by atoms with Gasteiger partial charge in [-0.3, -0.25) is 14.5 Å². The van der Waals surface area contributed by atoms with E-state index in [0.29, 0.717) is 44.3 Å². The van der Waals surface area contributed by atoms with E-state index in [-0.39, 0.29) is 36.9 Å². The van der Waals surface area contributed by atoms with Gasteiger partial charge in [0.2, 0.25) is 11.8 Å². The first kappa shape index (κ1) is 23.7. The summed E-state index contributed by atoms with van der Waals surface area (Å²) in [6.07, 6.45) is 0.470. The molecule has 3 rings (SSSR count). The Balaban J connectivity index is 1.48. The molecule has 0 saturated carbocycles. The van der Waals surface area contributed by atoms with Crippen molar-refractivity contribution < 1.29 is 14.0 Å².